The summed E-state index contributed by atoms with van der Waals surface area (Å²) in [5.74, 6) is -0.982. The van der Waals surface area contributed by atoms with Gasteiger partial charge in [-0.2, -0.15) is 0 Å². The molecule has 0 aliphatic rings. The van der Waals surface area contributed by atoms with Crippen LogP contribution in [0.3, 0.4) is 0 Å². The van der Waals surface area contributed by atoms with E-state index in [1.54, 1.807) is 24.3 Å². The van der Waals surface area contributed by atoms with Crippen molar-refractivity contribution in [2.24, 2.45) is 0 Å². The second kappa shape index (κ2) is 5.99. The van der Waals surface area contributed by atoms with Crippen LogP contribution in [0.25, 0.3) is 10.9 Å². The fraction of sp³-hybridized carbons (Fsp3) is 0.250. The molecule has 0 saturated carbocycles. The zero-order chi connectivity index (χ0) is 14.8. The Morgan fingerprint density at radius 3 is 2.70 bits per heavy atom. The number of hydrogen-bond donors (Lipinski definition) is 0. The van der Waals surface area contributed by atoms with Crippen LogP contribution < -0.4 is 5.56 Å². The van der Waals surface area contributed by atoms with Gasteiger partial charge in [0.15, 0.2) is 0 Å². The number of alkyl halides is 3. The summed E-state index contributed by atoms with van der Waals surface area (Å²) in [5, 5.41) is 0.489. The molecule has 0 radical (unpaired) electrons. The van der Waals surface area contributed by atoms with Crippen molar-refractivity contribution in [3.8, 4) is 0 Å². The van der Waals surface area contributed by atoms with E-state index in [1.807, 2.05) is 0 Å². The topological polar surface area (TPSA) is 61.2 Å². The lowest BCUT2D eigenvalue weighted by Crippen LogP contribution is -2.27. The molecular formula is C12H9Cl3N2O3. The number of aromatic nitrogens is 2. The van der Waals surface area contributed by atoms with Gasteiger partial charge in [0.05, 0.1) is 23.8 Å². The predicted molar refractivity (Wildman–Crippen MR) is 77.3 cm³/mol. The Hall–Kier alpha value is -1.30. The fourth-order valence-electron chi connectivity index (χ4n) is 1.58. The molecule has 1 aromatic heterocycles. The van der Waals surface area contributed by atoms with Crippen LogP contribution in [0.5, 0.6) is 0 Å². The zero-order valence-electron chi connectivity index (χ0n) is 10.1. The third-order valence-electron chi connectivity index (χ3n) is 2.53. The van der Waals surface area contributed by atoms with Gasteiger partial charge in [-0.25, -0.2) is 9.78 Å². The summed E-state index contributed by atoms with van der Waals surface area (Å²) in [6, 6.07) is 6.96. The molecule has 8 heteroatoms. The monoisotopic (exact) mass is 334 g/mol. The highest BCUT2D eigenvalue weighted by Crippen LogP contribution is 2.27. The molecule has 0 aliphatic heterocycles. The van der Waals surface area contributed by atoms with Crippen LogP contribution in [0.4, 0.5) is 0 Å². The molecule has 0 spiro atoms. The largest absolute Gasteiger partial charge is 0.461 e. The van der Waals surface area contributed by atoms with Crippen molar-refractivity contribution < 1.29 is 9.53 Å². The number of rotatable bonds is 3. The van der Waals surface area contributed by atoms with Crippen molar-refractivity contribution in [2.75, 3.05) is 6.61 Å². The van der Waals surface area contributed by atoms with E-state index in [1.165, 1.54) is 10.9 Å². The summed E-state index contributed by atoms with van der Waals surface area (Å²) >= 11 is 16.1. The van der Waals surface area contributed by atoms with Gasteiger partial charge in [0.2, 0.25) is 0 Å². The smallest absolute Gasteiger partial charge is 0.358 e. The number of nitrogens with zero attached hydrogens (tertiary/aromatic N) is 2. The first kappa shape index (κ1) is 15.1. The maximum atomic E-state index is 12.1. The average Bonchev–Trinajstić information content (AvgIpc) is 2.40. The number of ether oxygens (including phenoxy) is 1. The van der Waals surface area contributed by atoms with Crippen LogP contribution in [-0.2, 0) is 16.1 Å². The second-order valence-corrected chi connectivity index (χ2v) is 6.18. The molecule has 1 aromatic carbocycles. The number of esters is 1. The minimum atomic E-state index is -2.12. The summed E-state index contributed by atoms with van der Waals surface area (Å²) in [6.45, 7) is 0.0375. The van der Waals surface area contributed by atoms with E-state index < -0.39 is 9.76 Å². The van der Waals surface area contributed by atoms with Crippen LogP contribution >= 0.6 is 34.8 Å². The van der Waals surface area contributed by atoms with E-state index in [9.17, 15) is 9.59 Å². The highest BCUT2D eigenvalue weighted by molar-refractivity contribution is 6.75. The van der Waals surface area contributed by atoms with Crippen molar-refractivity contribution in [1.82, 2.24) is 9.55 Å². The van der Waals surface area contributed by atoms with Crippen molar-refractivity contribution in [1.29, 1.82) is 0 Å². The highest BCUT2D eigenvalue weighted by atomic mass is 35.6. The van der Waals surface area contributed by atoms with Crippen molar-refractivity contribution in [2.45, 2.75) is 10.3 Å². The Balaban J connectivity index is 2.10. The van der Waals surface area contributed by atoms with Crippen LogP contribution in [-0.4, -0.2) is 25.9 Å². The van der Waals surface area contributed by atoms with Gasteiger partial charge in [0, 0.05) is 0 Å². The SMILES string of the molecule is O=C(OCCn1cnc2ccccc2c1=O)C(Cl)(Cl)Cl. The maximum absolute atomic E-state index is 12.1. The summed E-state index contributed by atoms with van der Waals surface area (Å²) < 4.78 is 3.96. The van der Waals surface area contributed by atoms with Gasteiger partial charge < -0.3 is 4.74 Å². The standard InChI is InChI=1S/C12H9Cl3N2O3/c13-12(14,15)11(19)20-6-5-17-7-16-9-4-2-1-3-8(9)10(17)18/h1-4,7H,5-6H2. The molecule has 20 heavy (non-hydrogen) atoms. The molecule has 0 atom stereocenters. The molecule has 5 nitrogen and oxygen atoms in total. The van der Waals surface area contributed by atoms with E-state index in [0.717, 1.165) is 0 Å². The Labute approximate surface area is 129 Å². The minimum absolute atomic E-state index is 0.0906. The maximum Gasteiger partial charge on any atom is 0.358 e. The van der Waals surface area contributed by atoms with E-state index in [4.69, 9.17) is 39.5 Å². The molecule has 1 heterocycles. The highest BCUT2D eigenvalue weighted by Gasteiger charge is 2.32. The summed E-state index contributed by atoms with van der Waals surface area (Å²) in [7, 11) is 0. The van der Waals surface area contributed by atoms with Crippen LogP contribution in [0.15, 0.2) is 35.4 Å². The fourth-order valence-corrected chi connectivity index (χ4v) is 1.75. The van der Waals surface area contributed by atoms with Gasteiger partial charge in [-0.05, 0) is 12.1 Å². The number of carbonyl (C=O) groups is 1. The molecule has 0 N–H and O–H groups in total. The van der Waals surface area contributed by atoms with Crippen LogP contribution in [0.1, 0.15) is 0 Å². The third-order valence-corrected chi connectivity index (χ3v) is 2.99. The Kier molecular flexibility index (Phi) is 4.52. The van der Waals surface area contributed by atoms with Crippen LogP contribution in [0, 0.1) is 0 Å². The quantitative estimate of drug-likeness (QED) is 0.638. The molecule has 2 aromatic rings. The third kappa shape index (κ3) is 3.42. The first-order valence-electron chi connectivity index (χ1n) is 5.58. The van der Waals surface area contributed by atoms with Crippen molar-refractivity contribution in [3.63, 3.8) is 0 Å². The number of benzene rings is 1. The first-order chi connectivity index (χ1) is 9.39. The number of hydrogen-bond acceptors (Lipinski definition) is 4. The molecule has 0 amide bonds. The molecule has 0 fully saturated rings. The predicted octanol–water partition coefficient (Wildman–Crippen LogP) is 2.31. The van der Waals surface area contributed by atoms with E-state index in [-0.39, 0.29) is 18.7 Å². The van der Waals surface area contributed by atoms with E-state index in [0.29, 0.717) is 10.9 Å². The second-order valence-electron chi connectivity index (χ2n) is 3.89. The van der Waals surface area contributed by atoms with Gasteiger partial charge in [-0.15, -0.1) is 0 Å². The molecular weight excluding hydrogens is 327 g/mol. The minimum Gasteiger partial charge on any atom is -0.461 e. The number of halogens is 3. The lowest BCUT2D eigenvalue weighted by atomic mass is 10.2. The number of para-hydroxylation sites is 1. The van der Waals surface area contributed by atoms with Crippen LogP contribution in [0.2, 0.25) is 0 Å². The molecule has 0 bridgehead atoms. The Morgan fingerprint density at radius 1 is 1.30 bits per heavy atom. The van der Waals surface area contributed by atoms with Gasteiger partial charge in [-0.3, -0.25) is 9.36 Å². The average molecular weight is 336 g/mol. The van der Waals surface area contributed by atoms with Gasteiger partial charge in [0.25, 0.3) is 9.35 Å². The summed E-state index contributed by atoms with van der Waals surface area (Å²) in [5.41, 5.74) is 0.382. The normalized spacial score (nSPS) is 11.6. The van der Waals surface area contributed by atoms with Crippen molar-refractivity contribution >= 4 is 51.7 Å². The summed E-state index contributed by atoms with van der Waals surface area (Å²) in [4.78, 5) is 27.5. The van der Waals surface area contributed by atoms with Gasteiger partial charge in [-0.1, -0.05) is 46.9 Å². The zero-order valence-corrected chi connectivity index (χ0v) is 12.3. The number of carbonyl (C=O) groups excluding carboxylic acids is 1. The van der Waals surface area contributed by atoms with E-state index >= 15 is 0 Å². The molecule has 106 valence electrons. The van der Waals surface area contributed by atoms with E-state index in [2.05, 4.69) is 4.98 Å². The summed E-state index contributed by atoms with van der Waals surface area (Å²) in [6.07, 6.45) is 1.38. The molecule has 0 aliphatic carbocycles. The van der Waals surface area contributed by atoms with Crippen molar-refractivity contribution in [3.05, 3.63) is 40.9 Å². The van der Waals surface area contributed by atoms with Gasteiger partial charge >= 0.3 is 5.97 Å². The number of fused-ring (bicyclic) bond motifs is 1. The Morgan fingerprint density at radius 2 is 2.00 bits per heavy atom. The van der Waals surface area contributed by atoms with Gasteiger partial charge in [0.1, 0.15) is 6.61 Å². The molecule has 2 rings (SSSR count). The Bertz CT molecular complexity index is 694. The first-order valence-corrected chi connectivity index (χ1v) is 6.71. The lowest BCUT2D eigenvalue weighted by Gasteiger charge is -2.11. The lowest BCUT2D eigenvalue weighted by molar-refractivity contribution is -0.142. The molecule has 0 saturated heterocycles. The molecule has 0 unspecified atom stereocenters.